The molecule has 1 aliphatic heterocycles. The normalized spacial score (nSPS) is 36.8. The Labute approximate surface area is 77.0 Å². The van der Waals surface area contributed by atoms with Crippen molar-refractivity contribution in [3.8, 4) is 0 Å². The van der Waals surface area contributed by atoms with E-state index in [2.05, 4.69) is 10.5 Å². The second kappa shape index (κ2) is 3.36. The fraction of sp³-hybridized carbons (Fsp3) is 0.778. The molecule has 1 aliphatic carbocycles. The number of hydrazone groups is 1. The van der Waals surface area contributed by atoms with E-state index in [1.54, 1.807) is 0 Å². The molecule has 2 N–H and O–H groups in total. The maximum Gasteiger partial charge on any atom is 0.303 e. The quantitative estimate of drug-likeness (QED) is 0.665. The molecule has 1 saturated carbocycles. The number of hydrogen-bond donors (Lipinski definition) is 2. The van der Waals surface area contributed by atoms with Crippen LogP contribution in [0.2, 0.25) is 0 Å². The van der Waals surface area contributed by atoms with Crippen LogP contribution in [0, 0.1) is 11.8 Å². The van der Waals surface area contributed by atoms with Gasteiger partial charge in [-0.3, -0.25) is 4.79 Å². The van der Waals surface area contributed by atoms with Gasteiger partial charge in [0.1, 0.15) is 0 Å². The summed E-state index contributed by atoms with van der Waals surface area (Å²) in [6.45, 7) is 0. The SMILES string of the molecule is O=C(O)CC1CCC2NN=CC2C1. The van der Waals surface area contributed by atoms with Crippen LogP contribution in [0.1, 0.15) is 25.7 Å². The number of nitrogens with zero attached hydrogens (tertiary/aromatic N) is 1. The fourth-order valence-electron chi connectivity index (χ4n) is 2.29. The first-order valence-electron chi connectivity index (χ1n) is 4.76. The lowest BCUT2D eigenvalue weighted by Gasteiger charge is -2.29. The maximum absolute atomic E-state index is 10.5. The molecular formula is C9H14N2O2. The average Bonchev–Trinajstić information content (AvgIpc) is 2.49. The van der Waals surface area contributed by atoms with Crippen molar-refractivity contribution in [1.29, 1.82) is 0 Å². The summed E-state index contributed by atoms with van der Waals surface area (Å²) in [6.07, 6.45) is 5.30. The highest BCUT2D eigenvalue weighted by Crippen LogP contribution is 2.32. The van der Waals surface area contributed by atoms with Crippen LogP contribution in [-0.4, -0.2) is 23.3 Å². The van der Waals surface area contributed by atoms with Crippen molar-refractivity contribution in [3.63, 3.8) is 0 Å². The summed E-state index contributed by atoms with van der Waals surface area (Å²) < 4.78 is 0. The van der Waals surface area contributed by atoms with Crippen LogP contribution in [-0.2, 0) is 4.79 Å². The van der Waals surface area contributed by atoms with E-state index >= 15 is 0 Å². The Kier molecular flexibility index (Phi) is 2.20. The first-order chi connectivity index (χ1) is 6.25. The van der Waals surface area contributed by atoms with Gasteiger partial charge in [0, 0.05) is 18.6 Å². The molecule has 0 aromatic carbocycles. The van der Waals surface area contributed by atoms with Gasteiger partial charge >= 0.3 is 5.97 Å². The molecule has 0 aromatic heterocycles. The third-order valence-corrected chi connectivity index (χ3v) is 2.98. The van der Waals surface area contributed by atoms with Gasteiger partial charge in [0.15, 0.2) is 0 Å². The number of fused-ring (bicyclic) bond motifs is 1. The number of carboxylic acid groups (broad SMARTS) is 1. The van der Waals surface area contributed by atoms with Crippen molar-refractivity contribution >= 4 is 12.2 Å². The third kappa shape index (κ3) is 1.82. The fourth-order valence-corrected chi connectivity index (χ4v) is 2.29. The molecule has 0 spiro atoms. The van der Waals surface area contributed by atoms with Crippen molar-refractivity contribution in [1.82, 2.24) is 5.43 Å². The predicted octanol–water partition coefficient (Wildman–Crippen LogP) is 0.835. The third-order valence-electron chi connectivity index (χ3n) is 2.98. The minimum atomic E-state index is -0.675. The topological polar surface area (TPSA) is 61.7 Å². The number of rotatable bonds is 2. The number of carbonyl (C=O) groups is 1. The smallest absolute Gasteiger partial charge is 0.303 e. The minimum Gasteiger partial charge on any atom is -0.481 e. The van der Waals surface area contributed by atoms with Gasteiger partial charge in [0.2, 0.25) is 0 Å². The zero-order chi connectivity index (χ0) is 9.26. The zero-order valence-electron chi connectivity index (χ0n) is 7.44. The minimum absolute atomic E-state index is 0.317. The molecule has 13 heavy (non-hydrogen) atoms. The first-order valence-corrected chi connectivity index (χ1v) is 4.76. The van der Waals surface area contributed by atoms with Crippen molar-refractivity contribution in [2.45, 2.75) is 31.7 Å². The lowest BCUT2D eigenvalue weighted by molar-refractivity contribution is -0.138. The summed E-state index contributed by atoms with van der Waals surface area (Å²) in [5.41, 5.74) is 3.05. The maximum atomic E-state index is 10.5. The lowest BCUT2D eigenvalue weighted by Crippen LogP contribution is -2.34. The van der Waals surface area contributed by atoms with Crippen LogP contribution in [0.25, 0.3) is 0 Å². The molecule has 1 heterocycles. The molecule has 2 rings (SSSR count). The van der Waals surface area contributed by atoms with Crippen molar-refractivity contribution in [2.24, 2.45) is 16.9 Å². The highest BCUT2D eigenvalue weighted by Gasteiger charge is 2.32. The number of carboxylic acids is 1. The highest BCUT2D eigenvalue weighted by atomic mass is 16.4. The van der Waals surface area contributed by atoms with E-state index in [0.717, 1.165) is 19.3 Å². The summed E-state index contributed by atoms with van der Waals surface area (Å²) in [4.78, 5) is 10.5. The summed E-state index contributed by atoms with van der Waals surface area (Å²) in [5, 5.41) is 12.7. The molecule has 3 atom stereocenters. The van der Waals surface area contributed by atoms with Crippen LogP contribution >= 0.6 is 0 Å². The van der Waals surface area contributed by atoms with E-state index in [9.17, 15) is 4.79 Å². The summed E-state index contributed by atoms with van der Waals surface area (Å²) >= 11 is 0. The molecule has 0 amide bonds. The number of aliphatic carboxylic acids is 1. The van der Waals surface area contributed by atoms with Crippen molar-refractivity contribution in [2.75, 3.05) is 0 Å². The van der Waals surface area contributed by atoms with Gasteiger partial charge in [-0.05, 0) is 25.2 Å². The Morgan fingerprint density at radius 2 is 2.46 bits per heavy atom. The average molecular weight is 182 g/mol. The van der Waals surface area contributed by atoms with Crippen molar-refractivity contribution in [3.05, 3.63) is 0 Å². The summed E-state index contributed by atoms with van der Waals surface area (Å²) in [6, 6.07) is 0.477. The molecule has 0 aromatic rings. The van der Waals surface area contributed by atoms with Gasteiger partial charge in [0.05, 0.1) is 6.04 Å². The predicted molar refractivity (Wildman–Crippen MR) is 48.5 cm³/mol. The zero-order valence-corrected chi connectivity index (χ0v) is 7.44. The molecule has 72 valence electrons. The van der Waals surface area contributed by atoms with Gasteiger partial charge in [-0.15, -0.1) is 0 Å². The second-order valence-electron chi connectivity index (χ2n) is 3.95. The Balaban J connectivity index is 1.89. The molecule has 2 aliphatic rings. The van der Waals surface area contributed by atoms with Gasteiger partial charge in [-0.1, -0.05) is 0 Å². The van der Waals surface area contributed by atoms with Crippen LogP contribution in [0.3, 0.4) is 0 Å². The first kappa shape index (κ1) is 8.53. The Morgan fingerprint density at radius 1 is 1.62 bits per heavy atom. The van der Waals surface area contributed by atoms with Gasteiger partial charge in [-0.25, -0.2) is 0 Å². The molecule has 0 radical (unpaired) electrons. The molecule has 4 nitrogen and oxygen atoms in total. The van der Waals surface area contributed by atoms with Crippen LogP contribution in [0.5, 0.6) is 0 Å². The molecule has 0 saturated heterocycles. The second-order valence-corrected chi connectivity index (χ2v) is 3.95. The van der Waals surface area contributed by atoms with Gasteiger partial charge < -0.3 is 10.5 Å². The van der Waals surface area contributed by atoms with E-state index < -0.39 is 5.97 Å². The highest BCUT2D eigenvalue weighted by molar-refractivity contribution is 5.68. The van der Waals surface area contributed by atoms with E-state index in [0.29, 0.717) is 24.3 Å². The number of nitrogens with one attached hydrogen (secondary N) is 1. The van der Waals surface area contributed by atoms with Gasteiger partial charge in [-0.2, -0.15) is 5.10 Å². The van der Waals surface area contributed by atoms with Crippen LogP contribution in [0.15, 0.2) is 5.10 Å². The molecular weight excluding hydrogens is 168 g/mol. The Bertz CT molecular complexity index is 240. The van der Waals surface area contributed by atoms with Crippen LogP contribution in [0.4, 0.5) is 0 Å². The van der Waals surface area contributed by atoms with E-state index in [-0.39, 0.29) is 0 Å². The van der Waals surface area contributed by atoms with Crippen LogP contribution < -0.4 is 5.43 Å². The molecule has 3 unspecified atom stereocenters. The summed E-state index contributed by atoms with van der Waals surface area (Å²) in [7, 11) is 0. The summed E-state index contributed by atoms with van der Waals surface area (Å²) in [5.74, 6) is 0.148. The van der Waals surface area contributed by atoms with E-state index in [1.165, 1.54) is 0 Å². The van der Waals surface area contributed by atoms with E-state index in [4.69, 9.17) is 5.11 Å². The standard InChI is InChI=1S/C9H14N2O2/c12-9(13)4-6-1-2-8-7(3-6)5-10-11-8/h5-8,11H,1-4H2,(H,12,13). The lowest BCUT2D eigenvalue weighted by atomic mass is 9.78. The Hall–Kier alpha value is -1.06. The van der Waals surface area contributed by atoms with Crippen molar-refractivity contribution < 1.29 is 9.90 Å². The van der Waals surface area contributed by atoms with Gasteiger partial charge in [0.25, 0.3) is 0 Å². The Morgan fingerprint density at radius 3 is 3.23 bits per heavy atom. The number of hydrogen-bond acceptors (Lipinski definition) is 3. The molecule has 4 heteroatoms. The monoisotopic (exact) mass is 182 g/mol. The molecule has 1 fully saturated rings. The molecule has 0 bridgehead atoms. The largest absolute Gasteiger partial charge is 0.481 e. The van der Waals surface area contributed by atoms with E-state index in [1.807, 2.05) is 6.21 Å².